The highest BCUT2D eigenvalue weighted by Gasteiger charge is 2.11. The molecule has 4 nitrogen and oxygen atoms in total. The van der Waals surface area contributed by atoms with E-state index in [0.29, 0.717) is 26.4 Å². The van der Waals surface area contributed by atoms with Crippen molar-refractivity contribution < 1.29 is 18.9 Å². The van der Waals surface area contributed by atoms with E-state index in [1.165, 1.54) is 25.7 Å². The first-order valence-corrected chi connectivity index (χ1v) is 20.2. The van der Waals surface area contributed by atoms with E-state index in [0.717, 1.165) is 93.2 Å². The Bertz CT molecular complexity index is 1820. The highest BCUT2D eigenvalue weighted by molar-refractivity contribution is 5.79. The number of benzene rings is 5. The molecule has 290 valence electrons. The van der Waals surface area contributed by atoms with Crippen molar-refractivity contribution in [2.24, 2.45) is 0 Å². The van der Waals surface area contributed by atoms with Gasteiger partial charge in [-0.25, -0.2) is 0 Å². The first-order valence-electron chi connectivity index (χ1n) is 20.2. The van der Waals surface area contributed by atoms with Crippen molar-refractivity contribution in [3.63, 3.8) is 0 Å². The van der Waals surface area contributed by atoms with Crippen molar-refractivity contribution in [1.29, 1.82) is 0 Å². The Labute approximate surface area is 335 Å². The fourth-order valence-corrected chi connectivity index (χ4v) is 6.08. The molecule has 0 amide bonds. The lowest BCUT2D eigenvalue weighted by molar-refractivity contribution is 0.296. The van der Waals surface area contributed by atoms with Crippen molar-refractivity contribution in [1.82, 2.24) is 0 Å². The quantitative estimate of drug-likeness (QED) is 0.0465. The molecule has 0 heterocycles. The molecule has 0 unspecified atom stereocenters. The van der Waals surface area contributed by atoms with E-state index in [1.807, 2.05) is 36.4 Å². The fraction of sp³-hybridized carbons (Fsp3) is 0.269. The zero-order chi connectivity index (χ0) is 39.2. The van der Waals surface area contributed by atoms with Crippen LogP contribution in [0.25, 0.3) is 36.5 Å². The molecule has 0 bridgehead atoms. The van der Waals surface area contributed by atoms with Gasteiger partial charge < -0.3 is 18.9 Å². The lowest BCUT2D eigenvalue weighted by atomic mass is 10.0. The van der Waals surface area contributed by atoms with Gasteiger partial charge in [0.05, 0.1) is 13.2 Å². The summed E-state index contributed by atoms with van der Waals surface area (Å²) in [6.45, 7) is 14.5. The second-order valence-electron chi connectivity index (χ2n) is 14.0. The van der Waals surface area contributed by atoms with Crippen LogP contribution in [0.2, 0.25) is 0 Å². The predicted octanol–water partition coefficient (Wildman–Crippen LogP) is 14.4. The average Bonchev–Trinajstić information content (AvgIpc) is 3.25. The molecule has 0 radical (unpaired) electrons. The van der Waals surface area contributed by atoms with Crippen LogP contribution in [-0.2, 0) is 13.2 Å². The summed E-state index contributed by atoms with van der Waals surface area (Å²) in [6, 6.07) is 37.1. The second-order valence-corrected chi connectivity index (χ2v) is 14.0. The Morgan fingerprint density at radius 1 is 0.411 bits per heavy atom. The van der Waals surface area contributed by atoms with Crippen LogP contribution < -0.4 is 18.9 Å². The van der Waals surface area contributed by atoms with Crippen LogP contribution in [0.4, 0.5) is 0 Å². The van der Waals surface area contributed by atoms with E-state index >= 15 is 0 Å². The average molecular weight is 747 g/mol. The van der Waals surface area contributed by atoms with Gasteiger partial charge in [0.2, 0.25) is 0 Å². The zero-order valence-corrected chi connectivity index (χ0v) is 33.4. The predicted molar refractivity (Wildman–Crippen MR) is 238 cm³/mol. The maximum Gasteiger partial charge on any atom is 0.127 e. The van der Waals surface area contributed by atoms with Gasteiger partial charge in [-0.1, -0.05) is 175 Å². The van der Waals surface area contributed by atoms with Gasteiger partial charge in [0, 0.05) is 11.1 Å². The van der Waals surface area contributed by atoms with Crippen molar-refractivity contribution in [3.05, 3.63) is 167 Å². The molecule has 5 rings (SSSR count). The Kier molecular flexibility index (Phi) is 17.2. The van der Waals surface area contributed by atoms with E-state index in [4.69, 9.17) is 18.9 Å². The minimum Gasteiger partial charge on any atom is -0.493 e. The second kappa shape index (κ2) is 23.2. The van der Waals surface area contributed by atoms with Crippen LogP contribution in [0.5, 0.6) is 23.0 Å². The van der Waals surface area contributed by atoms with Crippen LogP contribution >= 0.6 is 0 Å². The molecule has 0 saturated carbocycles. The number of hydrogen-bond donors (Lipinski definition) is 0. The third kappa shape index (κ3) is 13.8. The maximum absolute atomic E-state index is 6.49. The topological polar surface area (TPSA) is 36.9 Å². The molecule has 0 aliphatic rings. The number of hydrogen-bond acceptors (Lipinski definition) is 4. The number of rotatable bonds is 24. The molecule has 0 saturated heterocycles. The summed E-state index contributed by atoms with van der Waals surface area (Å²) < 4.78 is 25.1. The van der Waals surface area contributed by atoms with Gasteiger partial charge in [0.15, 0.2) is 0 Å². The Hall–Kier alpha value is -5.74. The van der Waals surface area contributed by atoms with Crippen LogP contribution in [0.3, 0.4) is 0 Å². The van der Waals surface area contributed by atoms with E-state index in [-0.39, 0.29) is 0 Å². The summed E-state index contributed by atoms with van der Waals surface area (Å²) in [5, 5.41) is 0. The van der Waals surface area contributed by atoms with Crippen molar-refractivity contribution >= 4 is 36.5 Å². The first kappa shape index (κ1) is 41.4. The van der Waals surface area contributed by atoms with E-state index in [1.54, 1.807) is 0 Å². The van der Waals surface area contributed by atoms with Gasteiger partial charge in [-0.05, 0) is 82.6 Å². The summed E-state index contributed by atoms with van der Waals surface area (Å²) in [5.41, 5.74) is 8.57. The number of ether oxygens (including phenoxy) is 4. The third-order valence-corrected chi connectivity index (χ3v) is 9.57. The Morgan fingerprint density at radius 3 is 1.14 bits per heavy atom. The molecule has 56 heavy (non-hydrogen) atoms. The van der Waals surface area contributed by atoms with Crippen LogP contribution in [0.1, 0.15) is 110 Å². The summed E-state index contributed by atoms with van der Waals surface area (Å²) >= 11 is 0. The molecular formula is C52H58O4. The third-order valence-electron chi connectivity index (χ3n) is 9.57. The molecule has 0 aliphatic heterocycles. The standard InChI is InChI=1S/C52H58O4/c1-5-9-11-13-35-53-51-37-48(30-24-44-27-33-50(34-28-44)56-40-46-21-17-42(8-4)18-22-46)52(54-36-14-12-10-6-2)38-47(51)29-23-43-25-31-49(32-26-43)55-39-45-19-15-41(7-3)16-20-45/h7-8,15-34,37-38H,3-6,9-14,35-36,39-40H2,1-2H3/b29-23+,30-24+. The molecule has 5 aromatic carbocycles. The summed E-state index contributed by atoms with van der Waals surface area (Å²) in [7, 11) is 0. The molecule has 0 N–H and O–H groups in total. The monoisotopic (exact) mass is 746 g/mol. The number of unbranched alkanes of at least 4 members (excludes halogenated alkanes) is 6. The van der Waals surface area contributed by atoms with Gasteiger partial charge in [0.1, 0.15) is 36.2 Å². The van der Waals surface area contributed by atoms with Crippen molar-refractivity contribution in [3.8, 4) is 23.0 Å². The molecule has 0 fully saturated rings. The van der Waals surface area contributed by atoms with Crippen LogP contribution in [0.15, 0.2) is 122 Å². The van der Waals surface area contributed by atoms with Gasteiger partial charge in [0.25, 0.3) is 0 Å². The maximum atomic E-state index is 6.49. The largest absolute Gasteiger partial charge is 0.493 e. The molecule has 0 aromatic heterocycles. The summed E-state index contributed by atoms with van der Waals surface area (Å²) in [6.07, 6.45) is 21.3. The van der Waals surface area contributed by atoms with Crippen LogP contribution in [-0.4, -0.2) is 13.2 Å². The SMILES string of the molecule is C=Cc1ccc(COc2ccc(/C=C/c3cc(OCCCCCC)c(/C=C/c4ccc(OCc5ccc(C=C)cc5)cc4)cc3OCCCCCC)cc2)cc1. The smallest absolute Gasteiger partial charge is 0.127 e. The molecule has 0 atom stereocenters. The zero-order valence-electron chi connectivity index (χ0n) is 33.4. The summed E-state index contributed by atoms with van der Waals surface area (Å²) in [4.78, 5) is 0. The van der Waals surface area contributed by atoms with Gasteiger partial charge >= 0.3 is 0 Å². The van der Waals surface area contributed by atoms with Crippen LogP contribution in [0, 0.1) is 0 Å². The van der Waals surface area contributed by atoms with Gasteiger partial charge in [-0.3, -0.25) is 0 Å². The van der Waals surface area contributed by atoms with Gasteiger partial charge in [-0.2, -0.15) is 0 Å². The van der Waals surface area contributed by atoms with Gasteiger partial charge in [-0.15, -0.1) is 0 Å². The molecular weight excluding hydrogens is 689 g/mol. The highest BCUT2D eigenvalue weighted by atomic mass is 16.5. The lowest BCUT2D eigenvalue weighted by Gasteiger charge is -2.15. The normalized spacial score (nSPS) is 11.2. The Balaban J connectivity index is 1.32. The minimum absolute atomic E-state index is 0.513. The highest BCUT2D eigenvalue weighted by Crippen LogP contribution is 2.33. The first-order chi connectivity index (χ1) is 27.6. The lowest BCUT2D eigenvalue weighted by Crippen LogP contribution is -2.03. The summed E-state index contributed by atoms with van der Waals surface area (Å²) in [5.74, 6) is 3.36. The van der Waals surface area contributed by atoms with Crippen molar-refractivity contribution in [2.75, 3.05) is 13.2 Å². The molecule has 5 aromatic rings. The fourth-order valence-electron chi connectivity index (χ4n) is 6.08. The van der Waals surface area contributed by atoms with E-state index in [9.17, 15) is 0 Å². The Morgan fingerprint density at radius 2 is 0.786 bits per heavy atom. The minimum atomic E-state index is 0.513. The molecule has 0 spiro atoms. The molecule has 0 aliphatic carbocycles. The van der Waals surface area contributed by atoms with E-state index < -0.39 is 0 Å². The van der Waals surface area contributed by atoms with Crippen molar-refractivity contribution in [2.45, 2.75) is 78.4 Å². The van der Waals surface area contributed by atoms with E-state index in [2.05, 4.69) is 136 Å². The molecule has 4 heteroatoms.